The maximum atomic E-state index is 5.51. The summed E-state index contributed by atoms with van der Waals surface area (Å²) in [5, 5.41) is 3.66. The van der Waals surface area contributed by atoms with Gasteiger partial charge in [0, 0.05) is 37.8 Å². The van der Waals surface area contributed by atoms with Crippen LogP contribution in [-0.2, 0) is 4.74 Å². The van der Waals surface area contributed by atoms with E-state index in [-0.39, 0.29) is 5.54 Å². The molecule has 0 spiro atoms. The van der Waals surface area contributed by atoms with Crippen molar-refractivity contribution in [2.75, 3.05) is 26.8 Å². The summed E-state index contributed by atoms with van der Waals surface area (Å²) in [6, 6.07) is 1.25. The molecule has 0 aromatic heterocycles. The van der Waals surface area contributed by atoms with Gasteiger partial charge in [0.25, 0.3) is 0 Å². The minimum absolute atomic E-state index is 0.172. The topological polar surface area (TPSA) is 24.5 Å². The van der Waals surface area contributed by atoms with E-state index in [1.54, 1.807) is 0 Å². The Labute approximate surface area is 126 Å². The van der Waals surface area contributed by atoms with Crippen LogP contribution in [-0.4, -0.2) is 49.3 Å². The smallest absolute Gasteiger partial charge is 0.0630 e. The molecule has 1 rings (SSSR count). The summed E-state index contributed by atoms with van der Waals surface area (Å²) in [5.41, 5.74) is 0.172. The van der Waals surface area contributed by atoms with Crippen molar-refractivity contribution in [1.82, 2.24) is 10.2 Å². The van der Waals surface area contributed by atoms with E-state index in [2.05, 4.69) is 44.8 Å². The van der Waals surface area contributed by atoms with E-state index in [1.165, 1.54) is 32.2 Å². The lowest BCUT2D eigenvalue weighted by atomic mass is 10.0. The number of nitrogens with zero attached hydrogens (tertiary/aromatic N) is 1. The highest BCUT2D eigenvalue weighted by Gasteiger charge is 2.29. The Morgan fingerprint density at radius 3 is 2.25 bits per heavy atom. The van der Waals surface area contributed by atoms with Crippen molar-refractivity contribution in [1.29, 1.82) is 0 Å². The lowest BCUT2D eigenvalue weighted by Crippen LogP contribution is -2.53. The van der Waals surface area contributed by atoms with Crippen molar-refractivity contribution in [3.05, 3.63) is 0 Å². The van der Waals surface area contributed by atoms with Crippen LogP contribution < -0.4 is 5.32 Å². The van der Waals surface area contributed by atoms with Crippen LogP contribution in [0.1, 0.15) is 60.3 Å². The molecule has 0 aromatic carbocycles. The van der Waals surface area contributed by atoms with Crippen molar-refractivity contribution in [2.24, 2.45) is 5.92 Å². The second-order valence-corrected chi connectivity index (χ2v) is 7.77. The van der Waals surface area contributed by atoms with Gasteiger partial charge in [-0.15, -0.1) is 0 Å². The molecule has 0 aromatic rings. The molecule has 1 atom stereocenters. The monoisotopic (exact) mass is 284 g/mol. The summed E-state index contributed by atoms with van der Waals surface area (Å²) >= 11 is 0. The summed E-state index contributed by atoms with van der Waals surface area (Å²) in [6.45, 7) is 14.4. The molecule has 1 aliphatic rings. The van der Waals surface area contributed by atoms with Gasteiger partial charge in [-0.05, 0) is 39.5 Å². The highest BCUT2D eigenvalue weighted by atomic mass is 16.5. The average Bonchev–Trinajstić information content (AvgIpc) is 2.84. The minimum Gasteiger partial charge on any atom is -0.383 e. The quantitative estimate of drug-likeness (QED) is 0.740. The molecule has 0 amide bonds. The molecular weight excluding hydrogens is 248 g/mol. The van der Waals surface area contributed by atoms with Gasteiger partial charge in [-0.3, -0.25) is 4.90 Å². The van der Waals surface area contributed by atoms with E-state index in [0.717, 1.165) is 19.2 Å². The maximum Gasteiger partial charge on any atom is 0.0630 e. The van der Waals surface area contributed by atoms with Crippen LogP contribution in [0, 0.1) is 5.92 Å². The van der Waals surface area contributed by atoms with Crippen LogP contribution in [0.3, 0.4) is 0 Å². The van der Waals surface area contributed by atoms with E-state index in [0.29, 0.717) is 12.0 Å². The van der Waals surface area contributed by atoms with E-state index >= 15 is 0 Å². The molecule has 0 radical (unpaired) electrons. The Kier molecular flexibility index (Phi) is 7.49. The first kappa shape index (κ1) is 17.9. The van der Waals surface area contributed by atoms with Gasteiger partial charge in [0.15, 0.2) is 0 Å². The molecule has 0 bridgehead atoms. The molecule has 0 saturated heterocycles. The van der Waals surface area contributed by atoms with E-state index in [1.807, 2.05) is 7.11 Å². The molecule has 3 heteroatoms. The molecule has 120 valence electrons. The number of nitrogens with one attached hydrogen (secondary N) is 1. The summed E-state index contributed by atoms with van der Waals surface area (Å²) in [7, 11) is 1.83. The van der Waals surface area contributed by atoms with Crippen molar-refractivity contribution in [3.8, 4) is 0 Å². The number of hydrogen-bond donors (Lipinski definition) is 1. The standard InChI is InChI=1S/C17H36N2O/c1-14(2)12-19(15-9-7-8-10-15)16(13-20-6)11-18-17(3,4)5/h14-16,18H,7-13H2,1-6H3. The number of ether oxygens (including phenoxy) is 1. The zero-order chi connectivity index (χ0) is 15.2. The fourth-order valence-electron chi connectivity index (χ4n) is 3.14. The molecule has 1 fully saturated rings. The van der Waals surface area contributed by atoms with Crippen molar-refractivity contribution < 1.29 is 4.74 Å². The molecule has 0 heterocycles. The van der Waals surface area contributed by atoms with Gasteiger partial charge in [-0.1, -0.05) is 26.7 Å². The predicted molar refractivity (Wildman–Crippen MR) is 87.2 cm³/mol. The Hall–Kier alpha value is -0.120. The largest absolute Gasteiger partial charge is 0.383 e. The number of hydrogen-bond acceptors (Lipinski definition) is 3. The zero-order valence-corrected chi connectivity index (χ0v) is 14.5. The van der Waals surface area contributed by atoms with E-state index in [9.17, 15) is 0 Å². The molecule has 0 aliphatic heterocycles. The SMILES string of the molecule is COCC(CNC(C)(C)C)N(CC(C)C)C1CCCC1. The molecule has 1 N–H and O–H groups in total. The zero-order valence-electron chi connectivity index (χ0n) is 14.5. The van der Waals surface area contributed by atoms with Gasteiger partial charge in [0.1, 0.15) is 0 Å². The Bertz CT molecular complexity index is 254. The molecule has 20 heavy (non-hydrogen) atoms. The third-order valence-electron chi connectivity index (χ3n) is 4.07. The first-order valence-electron chi connectivity index (χ1n) is 8.33. The molecule has 1 aliphatic carbocycles. The van der Waals surface area contributed by atoms with Crippen LogP contribution in [0.15, 0.2) is 0 Å². The molecular formula is C17H36N2O. The molecule has 1 unspecified atom stereocenters. The lowest BCUT2D eigenvalue weighted by Gasteiger charge is -2.39. The fourth-order valence-corrected chi connectivity index (χ4v) is 3.14. The van der Waals surface area contributed by atoms with E-state index in [4.69, 9.17) is 4.74 Å². The van der Waals surface area contributed by atoms with Crippen LogP contribution in [0.2, 0.25) is 0 Å². The Balaban J connectivity index is 2.69. The molecule has 1 saturated carbocycles. The summed E-state index contributed by atoms with van der Waals surface area (Å²) < 4.78 is 5.51. The van der Waals surface area contributed by atoms with Gasteiger partial charge in [-0.2, -0.15) is 0 Å². The summed E-state index contributed by atoms with van der Waals surface area (Å²) in [4.78, 5) is 2.72. The molecule has 3 nitrogen and oxygen atoms in total. The van der Waals surface area contributed by atoms with Crippen LogP contribution in [0.5, 0.6) is 0 Å². The van der Waals surface area contributed by atoms with Gasteiger partial charge >= 0.3 is 0 Å². The summed E-state index contributed by atoms with van der Waals surface area (Å²) in [6.07, 6.45) is 5.52. The Morgan fingerprint density at radius 2 is 1.80 bits per heavy atom. The van der Waals surface area contributed by atoms with Crippen molar-refractivity contribution >= 4 is 0 Å². The van der Waals surface area contributed by atoms with Crippen molar-refractivity contribution in [2.45, 2.75) is 77.9 Å². The van der Waals surface area contributed by atoms with Crippen LogP contribution in [0.4, 0.5) is 0 Å². The highest BCUT2D eigenvalue weighted by molar-refractivity contribution is 4.86. The second kappa shape index (κ2) is 8.35. The normalized spacial score (nSPS) is 19.2. The van der Waals surface area contributed by atoms with Gasteiger partial charge < -0.3 is 10.1 Å². The van der Waals surface area contributed by atoms with E-state index < -0.39 is 0 Å². The second-order valence-electron chi connectivity index (χ2n) is 7.77. The van der Waals surface area contributed by atoms with Gasteiger partial charge in [-0.25, -0.2) is 0 Å². The van der Waals surface area contributed by atoms with Crippen molar-refractivity contribution in [3.63, 3.8) is 0 Å². The predicted octanol–water partition coefficient (Wildman–Crippen LogP) is 3.29. The van der Waals surface area contributed by atoms with Gasteiger partial charge in [0.05, 0.1) is 6.61 Å². The summed E-state index contributed by atoms with van der Waals surface area (Å²) in [5.74, 6) is 0.713. The maximum absolute atomic E-state index is 5.51. The highest BCUT2D eigenvalue weighted by Crippen LogP contribution is 2.26. The van der Waals surface area contributed by atoms with Gasteiger partial charge in [0.2, 0.25) is 0 Å². The fraction of sp³-hybridized carbons (Fsp3) is 1.00. The third kappa shape index (κ3) is 6.55. The minimum atomic E-state index is 0.172. The first-order chi connectivity index (χ1) is 9.33. The lowest BCUT2D eigenvalue weighted by molar-refractivity contribution is 0.0496. The average molecular weight is 284 g/mol. The number of methoxy groups -OCH3 is 1. The third-order valence-corrected chi connectivity index (χ3v) is 4.07. The number of rotatable bonds is 8. The van der Waals surface area contributed by atoms with Crippen LogP contribution >= 0.6 is 0 Å². The van der Waals surface area contributed by atoms with Crippen LogP contribution in [0.25, 0.3) is 0 Å². The first-order valence-corrected chi connectivity index (χ1v) is 8.33. The Morgan fingerprint density at radius 1 is 1.20 bits per heavy atom.